The molecule has 0 aliphatic carbocycles. The zero-order valence-corrected chi connectivity index (χ0v) is 11.4. The van der Waals surface area contributed by atoms with Gasteiger partial charge in [0.25, 0.3) is 0 Å². The fourth-order valence-corrected chi connectivity index (χ4v) is 2.02. The van der Waals surface area contributed by atoms with E-state index in [0.29, 0.717) is 18.9 Å². The van der Waals surface area contributed by atoms with E-state index in [9.17, 15) is 23.5 Å². The van der Waals surface area contributed by atoms with Crippen molar-refractivity contribution in [1.29, 1.82) is 0 Å². The van der Waals surface area contributed by atoms with Crippen LogP contribution in [0.3, 0.4) is 0 Å². The molecule has 4 nitrogen and oxygen atoms in total. The van der Waals surface area contributed by atoms with Crippen molar-refractivity contribution in [2.24, 2.45) is 5.41 Å². The second kappa shape index (κ2) is 6.45. The largest absolute Gasteiger partial charge is 0.481 e. The predicted octanol–water partition coefficient (Wildman–Crippen LogP) is 3.18. The van der Waals surface area contributed by atoms with Crippen LogP contribution < -0.4 is 5.32 Å². The summed E-state index contributed by atoms with van der Waals surface area (Å²) in [6.45, 7) is 3.37. The summed E-state index contributed by atoms with van der Waals surface area (Å²) in [6.07, 6.45) is 0.348. The van der Waals surface area contributed by atoms with Crippen molar-refractivity contribution in [3.8, 4) is 0 Å². The van der Waals surface area contributed by atoms with Crippen LogP contribution in [-0.2, 0) is 9.59 Å². The Kier molecular flexibility index (Phi) is 5.19. The molecule has 1 rings (SSSR count). The molecule has 0 radical (unpaired) electrons. The number of carboxylic acid groups (broad SMARTS) is 1. The fourth-order valence-electron chi connectivity index (χ4n) is 2.02. The number of rotatable bonds is 6. The van der Waals surface area contributed by atoms with Crippen LogP contribution in [-0.4, -0.2) is 17.0 Å². The van der Waals surface area contributed by atoms with Gasteiger partial charge in [-0.1, -0.05) is 13.8 Å². The number of carbonyl (C=O) groups excluding carboxylic acids is 1. The molecule has 6 heteroatoms. The van der Waals surface area contributed by atoms with E-state index in [4.69, 9.17) is 0 Å². The Hall–Kier alpha value is -1.98. The molecule has 0 saturated heterocycles. The number of aliphatic carboxylic acids is 1. The van der Waals surface area contributed by atoms with Gasteiger partial charge < -0.3 is 10.4 Å². The lowest BCUT2D eigenvalue weighted by Crippen LogP contribution is -2.34. The topological polar surface area (TPSA) is 66.4 Å². The second-order valence-corrected chi connectivity index (χ2v) is 4.68. The van der Waals surface area contributed by atoms with Gasteiger partial charge in [-0.3, -0.25) is 9.59 Å². The minimum atomic E-state index is -1.16. The highest BCUT2D eigenvalue weighted by molar-refractivity contribution is 5.94. The van der Waals surface area contributed by atoms with Gasteiger partial charge in [0.1, 0.15) is 11.6 Å². The number of carboxylic acids is 1. The summed E-state index contributed by atoms with van der Waals surface area (Å²) in [7, 11) is 0. The van der Waals surface area contributed by atoms with Gasteiger partial charge in [-0.25, -0.2) is 8.78 Å². The highest BCUT2D eigenvalue weighted by Gasteiger charge is 2.37. The molecule has 0 aliphatic heterocycles. The Balaban J connectivity index is 2.83. The molecule has 0 aromatic heterocycles. The molecule has 0 saturated carbocycles. The van der Waals surface area contributed by atoms with E-state index in [2.05, 4.69) is 5.32 Å². The number of nitrogens with one attached hydrogen (secondary N) is 1. The SMILES string of the molecule is CCC(CC)(CC(=O)Nc1cc(F)cc(F)c1)C(=O)O. The summed E-state index contributed by atoms with van der Waals surface area (Å²) in [5.74, 6) is -3.25. The highest BCUT2D eigenvalue weighted by atomic mass is 19.1. The Morgan fingerprint density at radius 3 is 2.05 bits per heavy atom. The van der Waals surface area contributed by atoms with E-state index in [1.165, 1.54) is 0 Å². The van der Waals surface area contributed by atoms with Crippen LogP contribution in [0.2, 0.25) is 0 Å². The van der Waals surface area contributed by atoms with Crippen molar-refractivity contribution in [3.05, 3.63) is 29.8 Å². The van der Waals surface area contributed by atoms with Gasteiger partial charge in [0, 0.05) is 18.2 Å². The third-order valence-corrected chi connectivity index (χ3v) is 3.45. The maximum atomic E-state index is 13.0. The third kappa shape index (κ3) is 3.76. The summed E-state index contributed by atoms with van der Waals surface area (Å²) >= 11 is 0. The Morgan fingerprint density at radius 2 is 1.65 bits per heavy atom. The summed E-state index contributed by atoms with van der Waals surface area (Å²) in [4.78, 5) is 23.1. The van der Waals surface area contributed by atoms with Crippen molar-refractivity contribution in [2.75, 3.05) is 5.32 Å². The molecule has 0 atom stereocenters. The minimum absolute atomic E-state index is 0.0287. The molecule has 0 aliphatic rings. The summed E-state index contributed by atoms with van der Waals surface area (Å²) in [5.41, 5.74) is -1.19. The normalized spacial score (nSPS) is 11.2. The molecule has 0 bridgehead atoms. The maximum absolute atomic E-state index is 13.0. The van der Waals surface area contributed by atoms with Gasteiger partial charge in [-0.2, -0.15) is 0 Å². The summed E-state index contributed by atoms with van der Waals surface area (Å²) in [5, 5.41) is 11.5. The fraction of sp³-hybridized carbons (Fsp3) is 0.429. The Morgan fingerprint density at radius 1 is 1.15 bits per heavy atom. The summed E-state index contributed by atoms with van der Waals surface area (Å²) < 4.78 is 26.0. The molecule has 0 fully saturated rings. The zero-order valence-electron chi connectivity index (χ0n) is 11.4. The zero-order chi connectivity index (χ0) is 15.3. The van der Waals surface area contributed by atoms with E-state index < -0.39 is 28.9 Å². The van der Waals surface area contributed by atoms with Crippen molar-refractivity contribution >= 4 is 17.6 Å². The average Bonchev–Trinajstić information content (AvgIpc) is 2.34. The van der Waals surface area contributed by atoms with Crippen molar-refractivity contribution < 1.29 is 23.5 Å². The number of hydrogen-bond donors (Lipinski definition) is 2. The molecule has 0 unspecified atom stereocenters. The van der Waals surface area contributed by atoms with Crippen LogP contribution in [0.4, 0.5) is 14.5 Å². The minimum Gasteiger partial charge on any atom is -0.481 e. The van der Waals surface area contributed by atoms with E-state index in [1.807, 2.05) is 0 Å². The number of amides is 1. The second-order valence-electron chi connectivity index (χ2n) is 4.68. The lowest BCUT2D eigenvalue weighted by Gasteiger charge is -2.25. The van der Waals surface area contributed by atoms with Crippen molar-refractivity contribution in [1.82, 2.24) is 0 Å². The molecular weight excluding hydrogens is 268 g/mol. The van der Waals surface area contributed by atoms with Gasteiger partial charge in [-0.05, 0) is 25.0 Å². The first-order valence-electron chi connectivity index (χ1n) is 6.32. The standard InChI is InChI=1S/C14H17F2NO3/c1-3-14(4-2,13(19)20)8-12(18)17-11-6-9(15)5-10(16)7-11/h5-7H,3-4,8H2,1-2H3,(H,17,18)(H,19,20). The molecule has 1 aromatic rings. The lowest BCUT2D eigenvalue weighted by atomic mass is 9.79. The first kappa shape index (κ1) is 16.1. The van der Waals surface area contributed by atoms with Gasteiger partial charge in [0.15, 0.2) is 0 Å². The van der Waals surface area contributed by atoms with Crippen LogP contribution in [0, 0.1) is 17.0 Å². The number of halogens is 2. The summed E-state index contributed by atoms with van der Waals surface area (Å²) in [6, 6.07) is 2.64. The number of anilines is 1. The van der Waals surface area contributed by atoms with Crippen molar-refractivity contribution in [3.63, 3.8) is 0 Å². The highest BCUT2D eigenvalue weighted by Crippen LogP contribution is 2.31. The number of carbonyl (C=O) groups is 2. The first-order chi connectivity index (χ1) is 9.32. The third-order valence-electron chi connectivity index (χ3n) is 3.45. The maximum Gasteiger partial charge on any atom is 0.310 e. The molecule has 2 N–H and O–H groups in total. The smallest absolute Gasteiger partial charge is 0.310 e. The average molecular weight is 285 g/mol. The molecule has 0 spiro atoms. The van der Waals surface area contributed by atoms with E-state index in [1.54, 1.807) is 13.8 Å². The number of benzene rings is 1. The molecule has 1 amide bonds. The van der Waals surface area contributed by atoms with E-state index >= 15 is 0 Å². The Labute approximate surface area is 115 Å². The quantitative estimate of drug-likeness (QED) is 0.843. The van der Waals surface area contributed by atoms with Crippen molar-refractivity contribution in [2.45, 2.75) is 33.1 Å². The first-order valence-corrected chi connectivity index (χ1v) is 6.32. The lowest BCUT2D eigenvalue weighted by molar-refractivity contribution is -0.151. The molecule has 110 valence electrons. The van der Waals surface area contributed by atoms with Crippen LogP contribution in [0.5, 0.6) is 0 Å². The Bertz CT molecular complexity index is 493. The monoisotopic (exact) mass is 285 g/mol. The predicted molar refractivity (Wildman–Crippen MR) is 70.3 cm³/mol. The van der Waals surface area contributed by atoms with Crippen LogP contribution in [0.15, 0.2) is 18.2 Å². The van der Waals surface area contributed by atoms with E-state index in [0.717, 1.165) is 12.1 Å². The number of hydrogen-bond acceptors (Lipinski definition) is 2. The van der Waals surface area contributed by atoms with Gasteiger partial charge in [0.05, 0.1) is 5.41 Å². The van der Waals surface area contributed by atoms with Crippen LogP contribution in [0.1, 0.15) is 33.1 Å². The van der Waals surface area contributed by atoms with Crippen LogP contribution >= 0.6 is 0 Å². The molecule has 1 aromatic carbocycles. The van der Waals surface area contributed by atoms with Gasteiger partial charge >= 0.3 is 5.97 Å². The van der Waals surface area contributed by atoms with Gasteiger partial charge in [-0.15, -0.1) is 0 Å². The molecule has 20 heavy (non-hydrogen) atoms. The van der Waals surface area contributed by atoms with E-state index in [-0.39, 0.29) is 12.1 Å². The molecule has 0 heterocycles. The van der Waals surface area contributed by atoms with Crippen LogP contribution in [0.25, 0.3) is 0 Å². The molecular formula is C14H17F2NO3. The van der Waals surface area contributed by atoms with Gasteiger partial charge in [0.2, 0.25) is 5.91 Å².